The van der Waals surface area contributed by atoms with Crippen LogP contribution in [0.4, 0.5) is 13.2 Å². The molecular weight excluding hydrogens is 259 g/mol. The minimum absolute atomic E-state index is 0.284. The van der Waals surface area contributed by atoms with Crippen LogP contribution in [0.15, 0.2) is 24.3 Å². The molecule has 0 aromatic heterocycles. The number of carbonyl (C=O) groups is 1. The monoisotopic (exact) mass is 273 g/mol. The number of carboxylic acid groups (broad SMARTS) is 1. The van der Waals surface area contributed by atoms with Gasteiger partial charge in [-0.1, -0.05) is 12.1 Å². The molecule has 6 heteroatoms. The van der Waals surface area contributed by atoms with Crippen molar-refractivity contribution in [2.24, 2.45) is 5.92 Å². The zero-order valence-corrected chi connectivity index (χ0v) is 10.1. The Balaban J connectivity index is 2.23. The summed E-state index contributed by atoms with van der Waals surface area (Å²) in [6, 6.07) is 4.75. The topological polar surface area (TPSA) is 49.3 Å². The van der Waals surface area contributed by atoms with Gasteiger partial charge in [0.15, 0.2) is 0 Å². The highest BCUT2D eigenvalue weighted by molar-refractivity contribution is 5.71. The van der Waals surface area contributed by atoms with Crippen molar-refractivity contribution in [3.8, 4) is 0 Å². The van der Waals surface area contributed by atoms with Gasteiger partial charge in [-0.3, -0.25) is 4.79 Å². The molecule has 2 atom stereocenters. The molecule has 0 amide bonds. The normalized spacial score (nSPS) is 24.2. The van der Waals surface area contributed by atoms with Gasteiger partial charge >= 0.3 is 12.1 Å². The van der Waals surface area contributed by atoms with E-state index in [2.05, 4.69) is 5.32 Å². The number of rotatable bonds is 2. The van der Waals surface area contributed by atoms with Gasteiger partial charge in [-0.15, -0.1) is 0 Å². The first kappa shape index (κ1) is 13.9. The standard InChI is InChI=1S/C13H14F3NO2/c14-13(15,16)9-3-1-8(2-4-9)11-7-17-6-5-10(11)12(18)19/h1-4,10-11,17H,5-7H2,(H,18,19). The van der Waals surface area contributed by atoms with Gasteiger partial charge in [0.25, 0.3) is 0 Å². The van der Waals surface area contributed by atoms with Crippen LogP contribution in [0.2, 0.25) is 0 Å². The molecule has 2 unspecified atom stereocenters. The van der Waals surface area contributed by atoms with Gasteiger partial charge < -0.3 is 10.4 Å². The lowest BCUT2D eigenvalue weighted by atomic mass is 9.81. The summed E-state index contributed by atoms with van der Waals surface area (Å²) in [6.07, 6.45) is -3.88. The SMILES string of the molecule is O=C(O)C1CCNCC1c1ccc(C(F)(F)F)cc1. The van der Waals surface area contributed by atoms with Crippen molar-refractivity contribution >= 4 is 5.97 Å². The van der Waals surface area contributed by atoms with Crippen LogP contribution in [0.5, 0.6) is 0 Å². The number of benzene rings is 1. The number of alkyl halides is 3. The summed E-state index contributed by atoms with van der Waals surface area (Å²) in [4.78, 5) is 11.2. The molecule has 1 aromatic rings. The molecule has 1 heterocycles. The maximum Gasteiger partial charge on any atom is 0.416 e. The van der Waals surface area contributed by atoms with E-state index in [0.29, 0.717) is 25.1 Å². The van der Waals surface area contributed by atoms with Crippen molar-refractivity contribution < 1.29 is 23.1 Å². The third-order valence-corrected chi connectivity index (χ3v) is 3.47. The quantitative estimate of drug-likeness (QED) is 0.870. The molecule has 0 bridgehead atoms. The molecular formula is C13H14F3NO2. The summed E-state index contributed by atoms with van der Waals surface area (Å²) >= 11 is 0. The van der Waals surface area contributed by atoms with E-state index in [4.69, 9.17) is 5.11 Å². The Bertz CT molecular complexity index is 456. The van der Waals surface area contributed by atoms with Crippen LogP contribution in [0.25, 0.3) is 0 Å². The van der Waals surface area contributed by atoms with Crippen LogP contribution in [0.3, 0.4) is 0 Å². The second-order valence-electron chi connectivity index (χ2n) is 4.66. The van der Waals surface area contributed by atoms with Crippen LogP contribution < -0.4 is 5.32 Å². The van der Waals surface area contributed by atoms with Crippen molar-refractivity contribution in [2.75, 3.05) is 13.1 Å². The molecule has 1 fully saturated rings. The first-order valence-electron chi connectivity index (χ1n) is 6.00. The maximum atomic E-state index is 12.5. The molecule has 1 aliphatic heterocycles. The molecule has 3 nitrogen and oxygen atoms in total. The Morgan fingerprint density at radius 3 is 2.42 bits per heavy atom. The molecule has 0 spiro atoms. The van der Waals surface area contributed by atoms with Crippen molar-refractivity contribution in [1.82, 2.24) is 5.32 Å². The van der Waals surface area contributed by atoms with Gasteiger partial charge in [-0.25, -0.2) is 0 Å². The maximum absolute atomic E-state index is 12.5. The number of hydrogen-bond donors (Lipinski definition) is 2. The van der Waals surface area contributed by atoms with Crippen LogP contribution in [-0.2, 0) is 11.0 Å². The highest BCUT2D eigenvalue weighted by Gasteiger charge is 2.33. The predicted molar refractivity (Wildman–Crippen MR) is 62.8 cm³/mol. The van der Waals surface area contributed by atoms with E-state index in [1.807, 2.05) is 0 Å². The van der Waals surface area contributed by atoms with Gasteiger partial charge in [0.2, 0.25) is 0 Å². The first-order chi connectivity index (χ1) is 8.89. The van der Waals surface area contributed by atoms with E-state index >= 15 is 0 Å². The fourth-order valence-electron chi connectivity index (χ4n) is 2.42. The van der Waals surface area contributed by atoms with Gasteiger partial charge in [-0.05, 0) is 30.7 Å². The van der Waals surface area contributed by atoms with Crippen LogP contribution in [0, 0.1) is 5.92 Å². The van der Waals surface area contributed by atoms with Crippen LogP contribution in [0.1, 0.15) is 23.5 Å². The fourth-order valence-corrected chi connectivity index (χ4v) is 2.42. The minimum atomic E-state index is -4.37. The molecule has 0 saturated carbocycles. The molecule has 1 aromatic carbocycles. The molecule has 1 saturated heterocycles. The Hall–Kier alpha value is -1.56. The van der Waals surface area contributed by atoms with Crippen molar-refractivity contribution in [1.29, 1.82) is 0 Å². The third kappa shape index (κ3) is 3.07. The second kappa shape index (κ2) is 5.21. The van der Waals surface area contributed by atoms with Gasteiger partial charge in [0.1, 0.15) is 0 Å². The molecule has 0 aliphatic carbocycles. The number of halogens is 3. The summed E-state index contributed by atoms with van der Waals surface area (Å²) in [5.41, 5.74) is -0.0838. The Kier molecular flexibility index (Phi) is 3.80. The van der Waals surface area contributed by atoms with E-state index in [1.165, 1.54) is 12.1 Å². The number of piperidine rings is 1. The summed E-state index contributed by atoms with van der Waals surface area (Å²) in [5.74, 6) is -1.72. The number of hydrogen-bond acceptors (Lipinski definition) is 2. The zero-order valence-electron chi connectivity index (χ0n) is 10.1. The highest BCUT2D eigenvalue weighted by Crippen LogP contribution is 2.33. The van der Waals surface area contributed by atoms with E-state index in [9.17, 15) is 18.0 Å². The predicted octanol–water partition coefficient (Wildman–Crippen LogP) is 2.48. The lowest BCUT2D eigenvalue weighted by Gasteiger charge is -2.29. The molecule has 1 aliphatic rings. The van der Waals surface area contributed by atoms with E-state index in [0.717, 1.165) is 12.1 Å². The van der Waals surface area contributed by atoms with Crippen molar-refractivity contribution in [2.45, 2.75) is 18.5 Å². The average Bonchev–Trinajstić information content (AvgIpc) is 2.38. The third-order valence-electron chi connectivity index (χ3n) is 3.47. The number of aliphatic carboxylic acids is 1. The van der Waals surface area contributed by atoms with Crippen molar-refractivity contribution in [3.05, 3.63) is 35.4 Å². The van der Waals surface area contributed by atoms with Crippen molar-refractivity contribution in [3.63, 3.8) is 0 Å². The lowest BCUT2D eigenvalue weighted by molar-refractivity contribution is -0.143. The Morgan fingerprint density at radius 2 is 1.89 bits per heavy atom. The van der Waals surface area contributed by atoms with Gasteiger partial charge in [0.05, 0.1) is 11.5 Å². The number of carboxylic acids is 1. The Morgan fingerprint density at radius 1 is 1.26 bits per heavy atom. The highest BCUT2D eigenvalue weighted by atomic mass is 19.4. The number of nitrogens with one attached hydrogen (secondary N) is 1. The summed E-state index contributed by atoms with van der Waals surface area (Å²) in [5, 5.41) is 12.2. The minimum Gasteiger partial charge on any atom is -0.481 e. The van der Waals surface area contributed by atoms with E-state index < -0.39 is 23.6 Å². The zero-order chi connectivity index (χ0) is 14.0. The summed E-state index contributed by atoms with van der Waals surface area (Å²) in [6.45, 7) is 1.09. The van der Waals surface area contributed by atoms with Gasteiger partial charge in [0, 0.05) is 12.5 Å². The molecule has 19 heavy (non-hydrogen) atoms. The van der Waals surface area contributed by atoms with E-state index in [1.54, 1.807) is 0 Å². The van der Waals surface area contributed by atoms with Crippen LogP contribution >= 0.6 is 0 Å². The molecule has 104 valence electrons. The van der Waals surface area contributed by atoms with Gasteiger partial charge in [-0.2, -0.15) is 13.2 Å². The smallest absolute Gasteiger partial charge is 0.416 e. The van der Waals surface area contributed by atoms with Crippen LogP contribution in [-0.4, -0.2) is 24.2 Å². The fraction of sp³-hybridized carbons (Fsp3) is 0.462. The molecule has 2 N–H and O–H groups in total. The Labute approximate surface area is 108 Å². The summed E-state index contributed by atoms with van der Waals surface area (Å²) < 4.78 is 37.4. The average molecular weight is 273 g/mol. The summed E-state index contributed by atoms with van der Waals surface area (Å²) in [7, 11) is 0. The second-order valence-corrected chi connectivity index (χ2v) is 4.66. The largest absolute Gasteiger partial charge is 0.481 e. The van der Waals surface area contributed by atoms with E-state index in [-0.39, 0.29) is 5.92 Å². The molecule has 2 rings (SSSR count). The molecule has 0 radical (unpaired) electrons. The first-order valence-corrected chi connectivity index (χ1v) is 6.00. The lowest BCUT2D eigenvalue weighted by Crippen LogP contribution is -2.38.